The number of esters is 1. The molecule has 5 rings (SSSR count). The Kier molecular flexibility index (Phi) is 7.48. The number of hydrogen-bond acceptors (Lipinski definition) is 4. The van der Waals surface area contributed by atoms with Crippen molar-refractivity contribution in [3.05, 3.63) is 47.1 Å². The molecule has 38 heavy (non-hydrogen) atoms. The van der Waals surface area contributed by atoms with Crippen LogP contribution < -0.4 is 11.5 Å². The number of rotatable bonds is 6. The summed E-state index contributed by atoms with van der Waals surface area (Å²) in [6.45, 7) is 12.2. The van der Waals surface area contributed by atoms with Crippen LogP contribution in [0.4, 0.5) is 11.4 Å². The van der Waals surface area contributed by atoms with Crippen molar-refractivity contribution in [2.24, 2.45) is 40.4 Å². The van der Waals surface area contributed by atoms with E-state index in [2.05, 4.69) is 46.8 Å². The molecule has 0 heterocycles. The van der Waals surface area contributed by atoms with Gasteiger partial charge in [-0.3, -0.25) is 0 Å². The van der Waals surface area contributed by atoms with Gasteiger partial charge in [-0.25, -0.2) is 4.79 Å². The summed E-state index contributed by atoms with van der Waals surface area (Å²) in [6.07, 6.45) is 17.2. The van der Waals surface area contributed by atoms with Crippen LogP contribution >= 0.6 is 0 Å². The maximum atomic E-state index is 12.9. The lowest BCUT2D eigenvalue weighted by Gasteiger charge is -2.58. The molecule has 0 aromatic heterocycles. The number of nitrogen functional groups attached to an aromatic ring is 2. The normalized spacial score (nSPS) is 36.8. The molecule has 1 aromatic rings. The van der Waals surface area contributed by atoms with Gasteiger partial charge in [0, 0.05) is 17.8 Å². The van der Waals surface area contributed by atoms with Crippen molar-refractivity contribution in [3.63, 3.8) is 0 Å². The predicted octanol–water partition coefficient (Wildman–Crippen LogP) is 8.34. The Bertz CT molecular complexity index is 1100. The molecule has 4 N–H and O–H groups in total. The molecule has 8 unspecified atom stereocenters. The molecule has 1 aromatic carbocycles. The van der Waals surface area contributed by atoms with Crippen molar-refractivity contribution in [1.29, 1.82) is 0 Å². The molecule has 4 nitrogen and oxygen atoms in total. The summed E-state index contributed by atoms with van der Waals surface area (Å²) in [5, 5.41) is 0. The van der Waals surface area contributed by atoms with Gasteiger partial charge in [0.05, 0.1) is 5.56 Å². The predicted molar refractivity (Wildman–Crippen MR) is 157 cm³/mol. The van der Waals surface area contributed by atoms with Gasteiger partial charge in [0.2, 0.25) is 0 Å². The van der Waals surface area contributed by atoms with E-state index >= 15 is 0 Å². The van der Waals surface area contributed by atoms with Crippen molar-refractivity contribution < 1.29 is 9.53 Å². The maximum Gasteiger partial charge on any atom is 0.338 e. The molecule has 0 aliphatic heterocycles. The van der Waals surface area contributed by atoms with Gasteiger partial charge in [-0.05, 0) is 130 Å². The summed E-state index contributed by atoms with van der Waals surface area (Å²) >= 11 is 0. The molecule has 4 heteroatoms. The van der Waals surface area contributed by atoms with Gasteiger partial charge < -0.3 is 16.2 Å². The highest BCUT2D eigenvalue weighted by Crippen LogP contribution is 2.67. The molecule has 3 saturated carbocycles. The Morgan fingerprint density at radius 2 is 1.79 bits per heavy atom. The zero-order valence-electron chi connectivity index (χ0n) is 24.4. The molecule has 0 radical (unpaired) electrons. The van der Waals surface area contributed by atoms with Crippen LogP contribution in [0.15, 0.2) is 41.5 Å². The summed E-state index contributed by atoms with van der Waals surface area (Å²) in [6, 6.07) is 4.98. The van der Waals surface area contributed by atoms with Crippen LogP contribution in [0.5, 0.6) is 0 Å². The van der Waals surface area contributed by atoms with E-state index < -0.39 is 0 Å². The smallest absolute Gasteiger partial charge is 0.338 e. The Balaban J connectivity index is 1.26. The summed E-state index contributed by atoms with van der Waals surface area (Å²) in [7, 11) is 0. The number of fused-ring (bicyclic) bond motifs is 5. The Labute approximate surface area is 230 Å². The topological polar surface area (TPSA) is 78.3 Å². The molecule has 3 fully saturated rings. The van der Waals surface area contributed by atoms with Crippen molar-refractivity contribution >= 4 is 17.3 Å². The fourth-order valence-electron chi connectivity index (χ4n) is 9.55. The summed E-state index contributed by atoms with van der Waals surface area (Å²) in [5.41, 5.74) is 17.0. The number of benzene rings is 1. The Hall–Kier alpha value is -2.23. The SMILES string of the molecule is CC(C)=CCCC(C)C1CCC2C3CC=C4CC(OC(=O)c5cc(N)cc(N)c5)CCC4(C)C3CCC12C. The third-order valence-electron chi connectivity index (χ3n) is 11.5. The van der Waals surface area contributed by atoms with E-state index in [0.717, 1.165) is 48.9 Å². The zero-order chi connectivity index (χ0) is 27.2. The lowest BCUT2D eigenvalue weighted by Crippen LogP contribution is -2.51. The van der Waals surface area contributed by atoms with Gasteiger partial charge in [-0.15, -0.1) is 0 Å². The second-order valence-electron chi connectivity index (χ2n) is 14.0. The molecule has 0 spiro atoms. The minimum atomic E-state index is -0.309. The van der Waals surface area contributed by atoms with Gasteiger partial charge in [0.25, 0.3) is 0 Å². The Morgan fingerprint density at radius 1 is 1.05 bits per heavy atom. The number of allylic oxidation sites excluding steroid dienone is 3. The summed E-state index contributed by atoms with van der Waals surface area (Å²) < 4.78 is 6.00. The average Bonchev–Trinajstić information content (AvgIpc) is 3.20. The van der Waals surface area contributed by atoms with Crippen molar-refractivity contribution in [3.8, 4) is 0 Å². The second-order valence-corrected chi connectivity index (χ2v) is 14.0. The van der Waals surface area contributed by atoms with Gasteiger partial charge in [0.15, 0.2) is 0 Å². The number of anilines is 2. The van der Waals surface area contributed by atoms with Gasteiger partial charge >= 0.3 is 5.97 Å². The highest BCUT2D eigenvalue weighted by molar-refractivity contribution is 5.91. The number of hydrogen-bond donors (Lipinski definition) is 2. The average molecular weight is 519 g/mol. The van der Waals surface area contributed by atoms with E-state index in [1.165, 1.54) is 50.5 Å². The van der Waals surface area contributed by atoms with E-state index in [-0.39, 0.29) is 17.5 Å². The molecule has 208 valence electrons. The fourth-order valence-corrected chi connectivity index (χ4v) is 9.55. The second kappa shape index (κ2) is 10.4. The van der Waals surface area contributed by atoms with E-state index in [0.29, 0.717) is 22.4 Å². The van der Waals surface area contributed by atoms with Crippen LogP contribution in [-0.4, -0.2) is 12.1 Å². The maximum absolute atomic E-state index is 12.9. The summed E-state index contributed by atoms with van der Waals surface area (Å²) in [4.78, 5) is 12.9. The molecule has 0 amide bonds. The van der Waals surface area contributed by atoms with Crippen molar-refractivity contribution in [2.45, 2.75) is 105 Å². The van der Waals surface area contributed by atoms with Gasteiger partial charge in [-0.1, -0.05) is 44.1 Å². The van der Waals surface area contributed by atoms with Crippen LogP contribution in [0.1, 0.15) is 109 Å². The molecule has 0 saturated heterocycles. The van der Waals surface area contributed by atoms with E-state index in [4.69, 9.17) is 16.2 Å². The quantitative estimate of drug-likeness (QED) is 0.225. The van der Waals surface area contributed by atoms with Gasteiger partial charge in [-0.2, -0.15) is 0 Å². The van der Waals surface area contributed by atoms with Gasteiger partial charge in [0.1, 0.15) is 6.10 Å². The lowest BCUT2D eigenvalue weighted by molar-refractivity contribution is -0.0592. The van der Waals surface area contributed by atoms with Crippen LogP contribution in [-0.2, 0) is 4.74 Å². The number of carbonyl (C=O) groups excluding carboxylic acids is 1. The first-order valence-corrected chi connectivity index (χ1v) is 15.2. The van der Waals surface area contributed by atoms with Crippen LogP contribution in [0.3, 0.4) is 0 Å². The van der Waals surface area contributed by atoms with E-state index in [1.807, 2.05) is 0 Å². The molecule has 0 bridgehead atoms. The molecule has 4 aliphatic rings. The van der Waals surface area contributed by atoms with Crippen LogP contribution in [0.25, 0.3) is 0 Å². The first kappa shape index (κ1) is 27.3. The van der Waals surface area contributed by atoms with Crippen molar-refractivity contribution in [2.75, 3.05) is 11.5 Å². The van der Waals surface area contributed by atoms with E-state index in [1.54, 1.807) is 23.8 Å². The minimum Gasteiger partial charge on any atom is -0.458 e. The molecular formula is C34H50N2O2. The highest BCUT2D eigenvalue weighted by atomic mass is 16.5. The standard InChI is InChI=1S/C34H50N2O2/c1-21(2)7-6-8-22(3)29-11-12-30-28-10-9-24-19-27(38-32(37)23-17-25(35)20-26(36)18-23)13-15-33(24,4)31(28)14-16-34(29,30)5/h7,9,17-18,20,22,27-31H,6,8,10-16,19,35-36H2,1-5H3. The zero-order valence-corrected chi connectivity index (χ0v) is 24.4. The first-order valence-electron chi connectivity index (χ1n) is 15.2. The van der Waals surface area contributed by atoms with Crippen LogP contribution in [0.2, 0.25) is 0 Å². The number of ether oxygens (including phenoxy) is 1. The molecule has 4 aliphatic carbocycles. The fraction of sp³-hybridized carbons (Fsp3) is 0.676. The van der Waals surface area contributed by atoms with Crippen LogP contribution in [0, 0.1) is 40.4 Å². The third-order valence-corrected chi connectivity index (χ3v) is 11.5. The minimum absolute atomic E-state index is 0.0626. The first-order chi connectivity index (χ1) is 18.0. The largest absolute Gasteiger partial charge is 0.458 e. The number of carbonyl (C=O) groups is 1. The molecular weight excluding hydrogens is 468 g/mol. The number of nitrogens with two attached hydrogens (primary N) is 2. The highest BCUT2D eigenvalue weighted by Gasteiger charge is 2.59. The van der Waals surface area contributed by atoms with Crippen molar-refractivity contribution in [1.82, 2.24) is 0 Å². The lowest BCUT2D eigenvalue weighted by atomic mass is 9.47. The summed E-state index contributed by atoms with van der Waals surface area (Å²) in [5.74, 6) is 3.81. The Morgan fingerprint density at radius 3 is 2.50 bits per heavy atom. The molecule has 8 atom stereocenters. The third kappa shape index (κ3) is 4.93. The van der Waals surface area contributed by atoms with E-state index in [9.17, 15) is 4.79 Å². The monoisotopic (exact) mass is 518 g/mol.